The van der Waals surface area contributed by atoms with Crippen LogP contribution in [0.5, 0.6) is 0 Å². The van der Waals surface area contributed by atoms with E-state index in [0.29, 0.717) is 32.4 Å². The van der Waals surface area contributed by atoms with Gasteiger partial charge in [-0.2, -0.15) is 0 Å². The van der Waals surface area contributed by atoms with Crippen LogP contribution in [0.25, 0.3) is 11.3 Å². The molecule has 18 heteroatoms. The maximum Gasteiger partial charge on any atom is 0.410 e. The number of hydrogen-bond acceptors (Lipinski definition) is 16. The molecule has 4 saturated heterocycles. The van der Waals surface area contributed by atoms with Gasteiger partial charge in [0, 0.05) is 81.7 Å². The van der Waals surface area contributed by atoms with E-state index in [1.165, 1.54) is 7.11 Å². The average molecular weight is 1040 g/mol. The molecule has 0 saturated carbocycles. The third-order valence-electron chi connectivity index (χ3n) is 16.9. The van der Waals surface area contributed by atoms with Gasteiger partial charge in [-0.15, -0.1) is 0 Å². The summed E-state index contributed by atoms with van der Waals surface area (Å²) in [5, 5.41) is 23.5. The normalized spacial score (nSPS) is 38.9. The Balaban J connectivity index is 1.37. The van der Waals surface area contributed by atoms with Crippen LogP contribution < -0.4 is 0 Å². The van der Waals surface area contributed by atoms with Crippen LogP contribution in [-0.4, -0.2) is 171 Å². The molecule has 4 fully saturated rings. The van der Waals surface area contributed by atoms with Gasteiger partial charge in [0.1, 0.15) is 24.1 Å². The molecule has 1 amide bonds. The first kappa shape index (κ1) is 59.7. The number of ketones is 1. The second kappa shape index (κ2) is 24.4. The number of nitrogens with zero attached hydrogens (tertiary/aromatic N) is 5. The summed E-state index contributed by atoms with van der Waals surface area (Å²) in [7, 11) is 5.11. The summed E-state index contributed by atoms with van der Waals surface area (Å²) in [6.45, 7) is 26.6. The van der Waals surface area contributed by atoms with Crippen LogP contribution in [-0.2, 0) is 54.0 Å². The molecular formula is C56H91N5O13. The zero-order chi connectivity index (χ0) is 54.7. The van der Waals surface area contributed by atoms with E-state index in [2.05, 4.69) is 35.6 Å². The number of unbranched alkanes of at least 4 members (excludes halogenated alkanes) is 1. The highest BCUT2D eigenvalue weighted by atomic mass is 16.7. The van der Waals surface area contributed by atoms with Crippen LogP contribution in [0.15, 0.2) is 37.1 Å². The summed E-state index contributed by atoms with van der Waals surface area (Å²) in [5.41, 5.74) is -1.96. The zero-order valence-corrected chi connectivity index (χ0v) is 47.3. The summed E-state index contributed by atoms with van der Waals surface area (Å²) in [5.74, 6) is -3.93. The number of esters is 1. The van der Waals surface area contributed by atoms with Crippen LogP contribution in [0, 0.1) is 29.1 Å². The van der Waals surface area contributed by atoms with E-state index in [9.17, 15) is 15.0 Å². The van der Waals surface area contributed by atoms with Crippen molar-refractivity contribution in [1.29, 1.82) is 0 Å². The number of methoxy groups -OCH3 is 2. The molecule has 18 nitrogen and oxygen atoms in total. The molecular weight excluding hydrogens is 951 g/mol. The van der Waals surface area contributed by atoms with E-state index < -0.39 is 108 Å². The number of Topliss-reactive ketones (excluding diaryl/α,β-unsaturated/α-hetero) is 1. The molecule has 0 spiro atoms. The first-order valence-corrected chi connectivity index (χ1v) is 27.1. The van der Waals surface area contributed by atoms with E-state index in [4.69, 9.17) is 37.9 Å². The summed E-state index contributed by atoms with van der Waals surface area (Å²) in [6.07, 6.45) is 1.86. The number of likely N-dealkylation sites (N-methyl/N-ethyl adjacent to an activating group) is 1. The number of imidazole rings is 1. The fourth-order valence-electron chi connectivity index (χ4n) is 12.2. The molecule has 0 unspecified atom stereocenters. The Hall–Kier alpha value is -3.59. The number of hydrogen-bond donors (Lipinski definition) is 2. The number of pyridine rings is 1. The molecule has 0 aromatic carbocycles. The lowest BCUT2D eigenvalue weighted by molar-refractivity contribution is -0.319. The molecule has 2 N–H and O–H groups in total. The van der Waals surface area contributed by atoms with Crippen molar-refractivity contribution in [3.8, 4) is 11.3 Å². The van der Waals surface area contributed by atoms with Gasteiger partial charge in [-0.1, -0.05) is 48.5 Å². The Labute approximate surface area is 440 Å². The van der Waals surface area contributed by atoms with Gasteiger partial charge in [-0.05, 0) is 111 Å². The van der Waals surface area contributed by atoms with Crippen molar-refractivity contribution in [1.82, 2.24) is 24.3 Å². The lowest BCUT2D eigenvalue weighted by atomic mass is 9.73. The Morgan fingerprint density at radius 3 is 2.24 bits per heavy atom. The molecule has 18 atom stereocenters. The number of fused-ring (bicyclic) bond motifs is 1. The van der Waals surface area contributed by atoms with Crippen molar-refractivity contribution in [2.45, 2.75) is 226 Å². The van der Waals surface area contributed by atoms with E-state index in [1.54, 1.807) is 58.4 Å². The maximum absolute atomic E-state index is 15.2. The minimum absolute atomic E-state index is 0.0759. The van der Waals surface area contributed by atoms with E-state index >= 15 is 9.59 Å². The number of carbonyl (C=O) groups excluding carboxylic acids is 3. The van der Waals surface area contributed by atoms with Crippen molar-refractivity contribution >= 4 is 17.8 Å². The van der Waals surface area contributed by atoms with Gasteiger partial charge in [0.25, 0.3) is 0 Å². The van der Waals surface area contributed by atoms with Crippen LogP contribution in [0.4, 0.5) is 4.79 Å². The second-order valence-electron chi connectivity index (χ2n) is 23.9. The fourth-order valence-corrected chi connectivity index (χ4v) is 12.2. The van der Waals surface area contributed by atoms with Crippen LogP contribution in [0.1, 0.15) is 135 Å². The number of aliphatic hydroxyl groups is 2. The number of rotatable bonds is 16. The molecule has 4 aliphatic rings. The number of carbonyl (C=O) groups is 3. The number of aliphatic hydroxyl groups excluding tert-OH is 2. The molecule has 0 aliphatic carbocycles. The largest absolute Gasteiger partial charge is 0.458 e. The standard InChI is InChI=1S/C56H91N5O13/c1-17-42-56(13)47(61(52(66)74-56)25-19-18-24-60-31-40(58-32-60)39-21-20-23-57-30-39)35(4)44(62)33(2)28-55(12,68-16)49(73-51-45(63)41(27-34(3)69-51)59(14)26-22-53(8,9)10)36(5)46(37(6)50(65)71-42)72-43-29-54(11,67-15)48(64)38(7)70-43/h20-21,23,30-38,41-43,45-49,51,63-64H,17-19,22,24-29H2,1-16H3/t33-,34-,35+,36+,37-,38+,41+,42-,43+,45-,46+,47-,48+,49-,51+,54-,55-,56-/m1/s1. The summed E-state index contributed by atoms with van der Waals surface area (Å²) < 4.78 is 54.3. The lowest BCUT2D eigenvalue weighted by Gasteiger charge is -2.50. The Kier molecular flexibility index (Phi) is 19.7. The van der Waals surface area contributed by atoms with Crippen LogP contribution in [0.3, 0.4) is 0 Å². The number of aryl methyl sites for hydroxylation is 1. The van der Waals surface area contributed by atoms with E-state index in [1.807, 2.05) is 71.5 Å². The summed E-state index contributed by atoms with van der Waals surface area (Å²) in [6, 6.07) is 2.71. The fraction of sp³-hybridized carbons (Fsp3) is 0.804. The Morgan fingerprint density at radius 2 is 1.61 bits per heavy atom. The molecule has 418 valence electrons. The molecule has 2 aromatic rings. The Bertz CT molecular complexity index is 2160. The SMILES string of the molecule is CC[C@H]1OC(=O)[C@H](C)[C@@H](O[C@H]2C[C@@](C)(OC)[C@@H](O)[C@H](C)O2)[C@H](C)[C@@H](O[C@@H]2O[C@H](C)C[C@H](N(C)CCC(C)(C)C)[C@H]2O)[C@](C)(OC)C[C@@H](C)C(=O)[C@H](C)[C@H]2N(CCCCn3cnc(-c4cccnc4)c3)C(=O)O[C@]12C. The second-order valence-corrected chi connectivity index (χ2v) is 23.9. The zero-order valence-electron chi connectivity index (χ0n) is 47.3. The number of aromatic nitrogens is 3. The molecule has 2 aromatic heterocycles. The van der Waals surface area contributed by atoms with Crippen molar-refractivity contribution in [2.75, 3.05) is 34.4 Å². The van der Waals surface area contributed by atoms with Gasteiger partial charge in [-0.25, -0.2) is 9.78 Å². The van der Waals surface area contributed by atoms with E-state index in [0.717, 1.165) is 24.2 Å². The smallest absolute Gasteiger partial charge is 0.410 e. The van der Waals surface area contributed by atoms with Crippen LogP contribution >= 0.6 is 0 Å². The number of amides is 1. The molecule has 4 aliphatic heterocycles. The van der Waals surface area contributed by atoms with Gasteiger partial charge >= 0.3 is 12.1 Å². The topological polar surface area (TPSA) is 203 Å². The number of ether oxygens (including phenoxy) is 8. The van der Waals surface area contributed by atoms with Crippen molar-refractivity contribution in [3.63, 3.8) is 0 Å². The number of cyclic esters (lactones) is 1. The summed E-state index contributed by atoms with van der Waals surface area (Å²) in [4.78, 5) is 57.2. The highest BCUT2D eigenvalue weighted by Gasteiger charge is 2.61. The average Bonchev–Trinajstić information content (AvgIpc) is 3.94. The van der Waals surface area contributed by atoms with Gasteiger partial charge in [-0.3, -0.25) is 14.6 Å². The lowest BCUT2D eigenvalue weighted by Crippen LogP contribution is -2.62. The third kappa shape index (κ3) is 13.2. The van der Waals surface area contributed by atoms with Gasteiger partial charge in [0.05, 0.1) is 59.6 Å². The molecule has 74 heavy (non-hydrogen) atoms. The quantitative estimate of drug-likeness (QED) is 0.124. The van der Waals surface area contributed by atoms with Gasteiger partial charge in [0.15, 0.2) is 18.2 Å². The highest BCUT2D eigenvalue weighted by molar-refractivity contribution is 5.85. The predicted octanol–water partition coefficient (Wildman–Crippen LogP) is 7.45. The molecule has 6 heterocycles. The predicted molar refractivity (Wildman–Crippen MR) is 278 cm³/mol. The first-order chi connectivity index (χ1) is 34.7. The van der Waals surface area contributed by atoms with E-state index in [-0.39, 0.29) is 42.6 Å². The molecule has 6 rings (SSSR count). The monoisotopic (exact) mass is 1040 g/mol. The first-order valence-electron chi connectivity index (χ1n) is 27.1. The summed E-state index contributed by atoms with van der Waals surface area (Å²) >= 11 is 0. The van der Waals surface area contributed by atoms with Crippen molar-refractivity contribution in [3.05, 3.63) is 37.1 Å². The molecule has 0 bridgehead atoms. The van der Waals surface area contributed by atoms with Crippen LogP contribution in [0.2, 0.25) is 0 Å². The minimum atomic E-state index is -1.43. The maximum atomic E-state index is 15.2. The molecule has 0 radical (unpaired) electrons. The minimum Gasteiger partial charge on any atom is -0.458 e. The van der Waals surface area contributed by atoms with Crippen molar-refractivity contribution in [2.24, 2.45) is 29.1 Å². The van der Waals surface area contributed by atoms with Gasteiger partial charge in [0.2, 0.25) is 0 Å². The van der Waals surface area contributed by atoms with Gasteiger partial charge < -0.3 is 62.5 Å². The Morgan fingerprint density at radius 1 is 0.919 bits per heavy atom. The highest BCUT2D eigenvalue weighted by Crippen LogP contribution is 2.45. The third-order valence-corrected chi connectivity index (χ3v) is 16.9. The van der Waals surface area contributed by atoms with Crippen molar-refractivity contribution < 1.29 is 62.5 Å².